The minimum Gasteiger partial charge on any atom is -0.340 e. The smallest absolute Gasteiger partial charge is 0.131 e. The van der Waals surface area contributed by atoms with E-state index in [9.17, 15) is 0 Å². The molecule has 1 aromatic heterocycles. The third-order valence-electron chi connectivity index (χ3n) is 2.82. The largest absolute Gasteiger partial charge is 0.340 e. The third-order valence-corrected chi connectivity index (χ3v) is 2.82. The molecule has 3 nitrogen and oxygen atoms in total. The lowest BCUT2D eigenvalue weighted by molar-refractivity contribution is 1.18. The molecular weight excluding hydrogens is 222 g/mol. The quantitative estimate of drug-likeness (QED) is 0.867. The van der Waals surface area contributed by atoms with Crippen molar-refractivity contribution in [3.05, 3.63) is 52.7 Å². The van der Waals surface area contributed by atoms with E-state index in [0.717, 1.165) is 22.5 Å². The Morgan fingerprint density at radius 1 is 1.11 bits per heavy atom. The lowest BCUT2D eigenvalue weighted by Crippen LogP contribution is -1.99. The lowest BCUT2D eigenvalue weighted by Gasteiger charge is -2.12. The summed E-state index contributed by atoms with van der Waals surface area (Å²) in [7, 11) is 0. The average molecular weight is 237 g/mol. The van der Waals surface area contributed by atoms with Gasteiger partial charge in [-0.1, -0.05) is 18.2 Å². The summed E-state index contributed by atoms with van der Waals surface area (Å²) in [6.07, 6.45) is 0. The van der Waals surface area contributed by atoms with Gasteiger partial charge in [-0.2, -0.15) is 5.26 Å². The van der Waals surface area contributed by atoms with Gasteiger partial charge in [0.2, 0.25) is 0 Å². The monoisotopic (exact) mass is 237 g/mol. The molecule has 0 atom stereocenters. The van der Waals surface area contributed by atoms with Crippen LogP contribution in [0.1, 0.15) is 22.4 Å². The maximum Gasteiger partial charge on any atom is 0.131 e. The second-order valence-electron chi connectivity index (χ2n) is 4.39. The summed E-state index contributed by atoms with van der Waals surface area (Å²) in [5.74, 6) is 0.712. The number of nitrogens with zero attached hydrogens (tertiary/aromatic N) is 2. The number of para-hydroxylation sites is 1. The van der Waals surface area contributed by atoms with E-state index in [1.54, 1.807) is 12.1 Å². The van der Waals surface area contributed by atoms with Gasteiger partial charge in [-0.25, -0.2) is 4.98 Å². The fourth-order valence-corrected chi connectivity index (χ4v) is 1.94. The first-order valence-corrected chi connectivity index (χ1v) is 5.82. The Labute approximate surface area is 107 Å². The van der Waals surface area contributed by atoms with Crippen LogP contribution >= 0.6 is 0 Å². The Kier molecular flexibility index (Phi) is 3.29. The molecule has 0 amide bonds. The number of nitrogens with one attached hydrogen (secondary N) is 1. The summed E-state index contributed by atoms with van der Waals surface area (Å²) in [4.78, 5) is 4.40. The first kappa shape index (κ1) is 12.1. The number of aryl methyl sites for hydroxylation is 3. The maximum absolute atomic E-state index is 8.96. The number of anilines is 2. The van der Waals surface area contributed by atoms with Crippen LogP contribution in [0.2, 0.25) is 0 Å². The van der Waals surface area contributed by atoms with E-state index in [1.165, 1.54) is 0 Å². The van der Waals surface area contributed by atoms with Crippen LogP contribution in [0.4, 0.5) is 11.5 Å². The van der Waals surface area contributed by atoms with Crippen molar-refractivity contribution in [2.24, 2.45) is 0 Å². The average Bonchev–Trinajstić information content (AvgIpc) is 2.33. The molecule has 18 heavy (non-hydrogen) atoms. The Balaban J connectivity index is 2.40. The molecule has 0 aliphatic rings. The van der Waals surface area contributed by atoms with E-state index >= 15 is 0 Å². The first-order valence-electron chi connectivity index (χ1n) is 5.82. The zero-order chi connectivity index (χ0) is 13.1. The van der Waals surface area contributed by atoms with Crippen molar-refractivity contribution in [2.75, 3.05) is 5.32 Å². The molecule has 90 valence electrons. The van der Waals surface area contributed by atoms with Gasteiger partial charge in [0.1, 0.15) is 5.82 Å². The molecule has 0 aliphatic heterocycles. The minimum absolute atomic E-state index is 0.622. The van der Waals surface area contributed by atoms with Gasteiger partial charge < -0.3 is 5.32 Å². The molecule has 1 N–H and O–H groups in total. The molecule has 1 heterocycles. The molecule has 1 aromatic carbocycles. The van der Waals surface area contributed by atoms with E-state index < -0.39 is 0 Å². The zero-order valence-electron chi connectivity index (χ0n) is 10.8. The van der Waals surface area contributed by atoms with Gasteiger partial charge in [-0.3, -0.25) is 0 Å². The molecule has 0 saturated carbocycles. The van der Waals surface area contributed by atoms with Crippen molar-refractivity contribution in [3.63, 3.8) is 0 Å². The Hall–Kier alpha value is -2.34. The molecule has 0 aliphatic carbocycles. The Bertz CT molecular complexity index is 604. The highest BCUT2D eigenvalue weighted by Gasteiger charge is 2.05. The standard InChI is InChI=1S/C15H15N3/c1-10-5-4-6-11(2)15(10)18-14-8-13(9-16)7-12(3)17-14/h4-8H,1-3H3,(H,17,18). The van der Waals surface area contributed by atoms with Crippen LogP contribution in [-0.2, 0) is 0 Å². The van der Waals surface area contributed by atoms with Crippen LogP contribution < -0.4 is 5.32 Å². The van der Waals surface area contributed by atoms with E-state index in [0.29, 0.717) is 11.4 Å². The summed E-state index contributed by atoms with van der Waals surface area (Å²) >= 11 is 0. The van der Waals surface area contributed by atoms with E-state index in [2.05, 4.69) is 42.4 Å². The fraction of sp³-hybridized carbons (Fsp3) is 0.200. The first-order chi connectivity index (χ1) is 8.60. The molecule has 0 radical (unpaired) electrons. The zero-order valence-corrected chi connectivity index (χ0v) is 10.8. The summed E-state index contributed by atoms with van der Waals surface area (Å²) in [5, 5.41) is 12.2. The van der Waals surface area contributed by atoms with Gasteiger partial charge in [0.15, 0.2) is 0 Å². The number of hydrogen-bond donors (Lipinski definition) is 1. The van der Waals surface area contributed by atoms with E-state index in [4.69, 9.17) is 5.26 Å². The normalized spacial score (nSPS) is 9.89. The third kappa shape index (κ3) is 2.49. The van der Waals surface area contributed by atoms with Crippen LogP contribution in [0.5, 0.6) is 0 Å². The Morgan fingerprint density at radius 2 is 1.78 bits per heavy atom. The van der Waals surface area contributed by atoms with Crippen molar-refractivity contribution >= 4 is 11.5 Å². The molecular formula is C15H15N3. The highest BCUT2D eigenvalue weighted by molar-refractivity contribution is 5.65. The topological polar surface area (TPSA) is 48.7 Å². The van der Waals surface area contributed by atoms with Crippen LogP contribution in [0, 0.1) is 32.1 Å². The van der Waals surface area contributed by atoms with Gasteiger partial charge in [-0.05, 0) is 44.0 Å². The van der Waals surface area contributed by atoms with Crippen LogP contribution in [0.3, 0.4) is 0 Å². The van der Waals surface area contributed by atoms with Gasteiger partial charge in [0.05, 0.1) is 11.6 Å². The molecule has 2 aromatic rings. The minimum atomic E-state index is 0.622. The summed E-state index contributed by atoms with van der Waals surface area (Å²) < 4.78 is 0. The number of benzene rings is 1. The molecule has 2 rings (SSSR count). The van der Waals surface area contributed by atoms with Crippen molar-refractivity contribution in [1.29, 1.82) is 5.26 Å². The van der Waals surface area contributed by atoms with Crippen molar-refractivity contribution < 1.29 is 0 Å². The van der Waals surface area contributed by atoms with Crippen LogP contribution in [0.25, 0.3) is 0 Å². The van der Waals surface area contributed by atoms with Crippen LogP contribution in [0.15, 0.2) is 30.3 Å². The predicted octanol–water partition coefficient (Wildman–Crippen LogP) is 3.62. The highest BCUT2D eigenvalue weighted by Crippen LogP contribution is 2.23. The Morgan fingerprint density at radius 3 is 2.39 bits per heavy atom. The van der Waals surface area contributed by atoms with Crippen molar-refractivity contribution in [2.45, 2.75) is 20.8 Å². The molecule has 0 saturated heterocycles. The number of rotatable bonds is 2. The van der Waals surface area contributed by atoms with Gasteiger partial charge in [0, 0.05) is 11.4 Å². The number of aromatic nitrogens is 1. The van der Waals surface area contributed by atoms with Crippen molar-refractivity contribution in [3.8, 4) is 6.07 Å². The number of pyridine rings is 1. The van der Waals surface area contributed by atoms with E-state index in [-0.39, 0.29) is 0 Å². The molecule has 0 spiro atoms. The SMILES string of the molecule is Cc1cc(C#N)cc(Nc2c(C)cccc2C)n1. The highest BCUT2D eigenvalue weighted by atomic mass is 15.0. The van der Waals surface area contributed by atoms with E-state index in [1.807, 2.05) is 13.0 Å². The fourth-order valence-electron chi connectivity index (χ4n) is 1.94. The van der Waals surface area contributed by atoms with Gasteiger partial charge >= 0.3 is 0 Å². The summed E-state index contributed by atoms with van der Waals surface area (Å²) in [5.41, 5.74) is 4.84. The van der Waals surface area contributed by atoms with Crippen LogP contribution in [-0.4, -0.2) is 4.98 Å². The second-order valence-corrected chi connectivity index (χ2v) is 4.39. The van der Waals surface area contributed by atoms with Gasteiger partial charge in [0.25, 0.3) is 0 Å². The van der Waals surface area contributed by atoms with Gasteiger partial charge in [-0.15, -0.1) is 0 Å². The summed E-state index contributed by atoms with van der Waals surface area (Å²) in [6, 6.07) is 11.8. The number of hydrogen-bond acceptors (Lipinski definition) is 3. The second kappa shape index (κ2) is 4.89. The maximum atomic E-state index is 8.96. The molecule has 0 bridgehead atoms. The van der Waals surface area contributed by atoms with Crippen molar-refractivity contribution in [1.82, 2.24) is 4.98 Å². The molecule has 0 unspecified atom stereocenters. The molecule has 0 fully saturated rings. The number of nitriles is 1. The lowest BCUT2D eigenvalue weighted by atomic mass is 10.1. The predicted molar refractivity (Wildman–Crippen MR) is 72.9 cm³/mol. The summed E-state index contributed by atoms with van der Waals surface area (Å²) in [6.45, 7) is 5.99. The molecule has 3 heteroatoms.